The van der Waals surface area contributed by atoms with Crippen molar-refractivity contribution in [2.45, 2.75) is 26.4 Å². The van der Waals surface area contributed by atoms with Crippen LogP contribution in [0.1, 0.15) is 30.6 Å². The molecule has 2 N–H and O–H groups in total. The normalized spacial score (nSPS) is 12.3. The molecule has 0 radical (unpaired) electrons. The van der Waals surface area contributed by atoms with Gasteiger partial charge in [0.25, 0.3) is 5.91 Å². The number of carbonyl (C=O) groups excluding carboxylic acids is 1. The van der Waals surface area contributed by atoms with E-state index in [1.54, 1.807) is 0 Å². The van der Waals surface area contributed by atoms with Crippen LogP contribution in [0, 0.1) is 11.7 Å². The molecule has 1 aromatic carbocycles. The molecule has 4 nitrogen and oxygen atoms in total. The van der Waals surface area contributed by atoms with Crippen molar-refractivity contribution in [3.63, 3.8) is 0 Å². The second kappa shape index (κ2) is 7.09. The predicted molar refractivity (Wildman–Crippen MR) is 70.7 cm³/mol. The lowest BCUT2D eigenvalue weighted by atomic mass is 10.1. The number of hydrogen-bond donors (Lipinski definition) is 2. The summed E-state index contributed by atoms with van der Waals surface area (Å²) in [7, 11) is 1.36. The van der Waals surface area contributed by atoms with Gasteiger partial charge >= 0.3 is 0 Å². The van der Waals surface area contributed by atoms with Gasteiger partial charge in [-0.05, 0) is 30.5 Å². The van der Waals surface area contributed by atoms with Crippen LogP contribution in [0.5, 0.6) is 5.75 Å². The molecule has 1 amide bonds. The Labute approximate surface area is 112 Å². The first-order chi connectivity index (χ1) is 8.93. The Morgan fingerprint density at radius 3 is 2.68 bits per heavy atom. The zero-order valence-corrected chi connectivity index (χ0v) is 11.4. The van der Waals surface area contributed by atoms with Crippen molar-refractivity contribution < 1.29 is 19.0 Å². The lowest BCUT2D eigenvalue weighted by molar-refractivity contribution is 0.0900. The summed E-state index contributed by atoms with van der Waals surface area (Å²) < 4.78 is 18.2. The SMILES string of the molecule is COc1ccc(C(=O)NCC(O)CC(C)C)cc1F. The second-order valence-corrected chi connectivity index (χ2v) is 4.84. The quantitative estimate of drug-likeness (QED) is 0.830. The van der Waals surface area contributed by atoms with Crippen LogP contribution in [0.4, 0.5) is 4.39 Å². The van der Waals surface area contributed by atoms with E-state index in [9.17, 15) is 14.3 Å². The molecule has 0 aromatic heterocycles. The third kappa shape index (κ3) is 4.87. The number of rotatable bonds is 6. The Hall–Kier alpha value is -1.62. The molecule has 0 spiro atoms. The number of benzene rings is 1. The molecule has 19 heavy (non-hydrogen) atoms. The molecule has 1 unspecified atom stereocenters. The fourth-order valence-electron chi connectivity index (χ4n) is 1.75. The highest BCUT2D eigenvalue weighted by Crippen LogP contribution is 2.17. The molecule has 0 bridgehead atoms. The monoisotopic (exact) mass is 269 g/mol. The fourth-order valence-corrected chi connectivity index (χ4v) is 1.75. The van der Waals surface area contributed by atoms with Gasteiger partial charge in [0, 0.05) is 12.1 Å². The molecule has 106 valence electrons. The highest BCUT2D eigenvalue weighted by Gasteiger charge is 2.12. The van der Waals surface area contributed by atoms with Crippen molar-refractivity contribution in [2.24, 2.45) is 5.92 Å². The van der Waals surface area contributed by atoms with Crippen molar-refractivity contribution in [1.29, 1.82) is 0 Å². The maximum Gasteiger partial charge on any atom is 0.251 e. The zero-order chi connectivity index (χ0) is 14.4. The van der Waals surface area contributed by atoms with Gasteiger partial charge in [-0.3, -0.25) is 4.79 Å². The smallest absolute Gasteiger partial charge is 0.251 e. The molecule has 1 atom stereocenters. The minimum Gasteiger partial charge on any atom is -0.494 e. The van der Waals surface area contributed by atoms with Crippen LogP contribution >= 0.6 is 0 Å². The minimum atomic E-state index is -0.591. The van der Waals surface area contributed by atoms with E-state index in [2.05, 4.69) is 5.32 Å². The van der Waals surface area contributed by atoms with Crippen molar-refractivity contribution in [1.82, 2.24) is 5.32 Å². The number of methoxy groups -OCH3 is 1. The lowest BCUT2D eigenvalue weighted by Gasteiger charge is -2.14. The molecule has 0 aliphatic heterocycles. The first kappa shape index (κ1) is 15.4. The first-order valence-corrected chi connectivity index (χ1v) is 6.23. The van der Waals surface area contributed by atoms with Gasteiger partial charge in [-0.1, -0.05) is 13.8 Å². The molecule has 0 saturated heterocycles. The van der Waals surface area contributed by atoms with Gasteiger partial charge in [-0.25, -0.2) is 4.39 Å². The van der Waals surface area contributed by atoms with E-state index in [1.165, 1.54) is 19.2 Å². The Morgan fingerprint density at radius 2 is 2.16 bits per heavy atom. The standard InChI is InChI=1S/C14H20FNO3/c1-9(2)6-11(17)8-16-14(18)10-4-5-13(19-3)12(15)7-10/h4-5,7,9,11,17H,6,8H2,1-3H3,(H,16,18). The largest absolute Gasteiger partial charge is 0.494 e. The summed E-state index contributed by atoms with van der Waals surface area (Å²) in [5.74, 6) is -0.552. The molecular formula is C14H20FNO3. The molecule has 1 aromatic rings. The van der Waals surface area contributed by atoms with E-state index in [-0.39, 0.29) is 17.9 Å². The molecule has 0 aliphatic rings. The van der Waals surface area contributed by atoms with Crippen molar-refractivity contribution in [3.05, 3.63) is 29.6 Å². The van der Waals surface area contributed by atoms with E-state index < -0.39 is 17.8 Å². The Kier molecular flexibility index (Phi) is 5.76. The van der Waals surface area contributed by atoms with Crippen molar-refractivity contribution in [3.8, 4) is 5.75 Å². The minimum absolute atomic E-state index is 0.0939. The summed E-state index contributed by atoms with van der Waals surface area (Å²) >= 11 is 0. The van der Waals surface area contributed by atoms with Gasteiger partial charge in [-0.15, -0.1) is 0 Å². The number of amides is 1. The van der Waals surface area contributed by atoms with Crippen LogP contribution < -0.4 is 10.1 Å². The molecule has 1 rings (SSSR count). The van der Waals surface area contributed by atoms with Gasteiger partial charge < -0.3 is 15.2 Å². The zero-order valence-electron chi connectivity index (χ0n) is 11.4. The number of nitrogens with one attached hydrogen (secondary N) is 1. The Bertz CT molecular complexity index is 435. The average molecular weight is 269 g/mol. The lowest BCUT2D eigenvalue weighted by Crippen LogP contribution is -2.32. The van der Waals surface area contributed by atoms with Gasteiger partial charge in [-0.2, -0.15) is 0 Å². The number of hydrogen-bond acceptors (Lipinski definition) is 3. The average Bonchev–Trinajstić information content (AvgIpc) is 2.35. The van der Waals surface area contributed by atoms with Gasteiger partial charge in [0.05, 0.1) is 13.2 Å². The highest BCUT2D eigenvalue weighted by atomic mass is 19.1. The number of carbonyl (C=O) groups is 1. The summed E-state index contributed by atoms with van der Waals surface area (Å²) in [6.07, 6.45) is 0.0177. The van der Waals surface area contributed by atoms with Crippen LogP contribution in [0.25, 0.3) is 0 Å². The number of halogens is 1. The maximum absolute atomic E-state index is 13.4. The van der Waals surface area contributed by atoms with E-state index in [0.29, 0.717) is 12.3 Å². The molecular weight excluding hydrogens is 249 g/mol. The summed E-state index contributed by atoms with van der Waals surface area (Å²) in [5, 5.41) is 12.2. The number of aliphatic hydroxyl groups is 1. The first-order valence-electron chi connectivity index (χ1n) is 6.23. The molecule has 0 saturated carbocycles. The molecule has 0 aliphatic carbocycles. The van der Waals surface area contributed by atoms with Crippen LogP contribution in [0.15, 0.2) is 18.2 Å². The van der Waals surface area contributed by atoms with E-state index in [0.717, 1.165) is 6.07 Å². The van der Waals surface area contributed by atoms with E-state index in [4.69, 9.17) is 4.74 Å². The molecule has 0 fully saturated rings. The number of aliphatic hydroxyl groups excluding tert-OH is 1. The Balaban J connectivity index is 2.56. The molecule has 5 heteroatoms. The van der Waals surface area contributed by atoms with Crippen LogP contribution in [0.2, 0.25) is 0 Å². The van der Waals surface area contributed by atoms with Gasteiger partial charge in [0.15, 0.2) is 11.6 Å². The van der Waals surface area contributed by atoms with Crippen molar-refractivity contribution in [2.75, 3.05) is 13.7 Å². The second-order valence-electron chi connectivity index (χ2n) is 4.84. The topological polar surface area (TPSA) is 58.6 Å². The highest BCUT2D eigenvalue weighted by molar-refractivity contribution is 5.94. The number of ether oxygens (including phenoxy) is 1. The van der Waals surface area contributed by atoms with Gasteiger partial charge in [0.1, 0.15) is 0 Å². The van der Waals surface area contributed by atoms with E-state index >= 15 is 0 Å². The Morgan fingerprint density at radius 1 is 1.47 bits per heavy atom. The van der Waals surface area contributed by atoms with E-state index in [1.807, 2.05) is 13.8 Å². The molecule has 0 heterocycles. The summed E-state index contributed by atoms with van der Waals surface area (Å²) in [5.41, 5.74) is 0.204. The van der Waals surface area contributed by atoms with Crippen LogP contribution in [-0.2, 0) is 0 Å². The summed E-state index contributed by atoms with van der Waals surface area (Å²) in [6.45, 7) is 4.14. The van der Waals surface area contributed by atoms with Crippen LogP contribution in [-0.4, -0.2) is 30.8 Å². The predicted octanol–water partition coefficient (Wildman–Crippen LogP) is 1.97. The van der Waals surface area contributed by atoms with Gasteiger partial charge in [0.2, 0.25) is 0 Å². The summed E-state index contributed by atoms with van der Waals surface area (Å²) in [6, 6.07) is 3.99. The van der Waals surface area contributed by atoms with Crippen molar-refractivity contribution >= 4 is 5.91 Å². The fraction of sp³-hybridized carbons (Fsp3) is 0.500. The van der Waals surface area contributed by atoms with Crippen LogP contribution in [0.3, 0.4) is 0 Å². The summed E-state index contributed by atoms with van der Waals surface area (Å²) in [4.78, 5) is 11.8. The third-order valence-corrected chi connectivity index (χ3v) is 2.66. The third-order valence-electron chi connectivity index (χ3n) is 2.66. The maximum atomic E-state index is 13.4.